The Hall–Kier alpha value is -1.85. The van der Waals surface area contributed by atoms with Crippen molar-refractivity contribution >= 4 is 44.2 Å². The number of hydrogen-bond acceptors (Lipinski definition) is 5. The van der Waals surface area contributed by atoms with Gasteiger partial charge in [0.15, 0.2) is 0 Å². The summed E-state index contributed by atoms with van der Waals surface area (Å²) in [7, 11) is -0.750. The van der Waals surface area contributed by atoms with Gasteiger partial charge in [-0.3, -0.25) is 4.79 Å². The van der Waals surface area contributed by atoms with Gasteiger partial charge in [-0.1, -0.05) is 6.07 Å². The average molecular weight is 490 g/mol. The lowest BCUT2D eigenvalue weighted by Crippen LogP contribution is -2.33. The van der Waals surface area contributed by atoms with E-state index in [1.165, 1.54) is 14.2 Å². The van der Waals surface area contributed by atoms with Crippen LogP contribution in [-0.2, 0) is 20.6 Å². The molecule has 0 spiro atoms. The number of amides is 1. The second kappa shape index (κ2) is 9.19. The molecule has 0 saturated carbocycles. The van der Waals surface area contributed by atoms with Crippen LogP contribution in [0.15, 0.2) is 42.5 Å². The van der Waals surface area contributed by atoms with E-state index in [9.17, 15) is 13.2 Å². The molecule has 1 amide bonds. The van der Waals surface area contributed by atoms with Crippen LogP contribution in [0.1, 0.15) is 5.56 Å². The van der Waals surface area contributed by atoms with Crippen LogP contribution in [0, 0.1) is 3.57 Å². The molecule has 2 rings (SSSR count). The molecule has 140 valence electrons. The Kier molecular flexibility index (Phi) is 7.23. The monoisotopic (exact) mass is 490 g/mol. The van der Waals surface area contributed by atoms with Crippen LogP contribution in [0.3, 0.4) is 0 Å². The summed E-state index contributed by atoms with van der Waals surface area (Å²) < 4.78 is 38.1. The molecule has 0 aliphatic carbocycles. The summed E-state index contributed by atoms with van der Waals surface area (Å²) in [5.41, 5.74) is 1.07. The summed E-state index contributed by atoms with van der Waals surface area (Å²) >= 11 is 2.16. The van der Waals surface area contributed by atoms with Crippen LogP contribution in [0.25, 0.3) is 0 Å². The minimum Gasteiger partial charge on any atom is -0.497 e. The number of hydrogen-bond donors (Lipinski definition) is 2. The van der Waals surface area contributed by atoms with Gasteiger partial charge in [0.05, 0.1) is 26.5 Å². The van der Waals surface area contributed by atoms with Gasteiger partial charge in [0.25, 0.3) is 0 Å². The fourth-order valence-corrected chi connectivity index (χ4v) is 3.60. The van der Waals surface area contributed by atoms with Gasteiger partial charge in [0.2, 0.25) is 15.9 Å². The van der Waals surface area contributed by atoms with E-state index in [4.69, 9.17) is 9.47 Å². The second-order valence-electron chi connectivity index (χ2n) is 5.31. The summed E-state index contributed by atoms with van der Waals surface area (Å²) in [4.78, 5) is 11.9. The van der Waals surface area contributed by atoms with Crippen molar-refractivity contribution in [1.82, 2.24) is 4.72 Å². The molecule has 0 fully saturated rings. The highest BCUT2D eigenvalue weighted by molar-refractivity contribution is 14.1. The fraction of sp³-hybridized carbons (Fsp3) is 0.235. The van der Waals surface area contributed by atoms with Crippen molar-refractivity contribution in [1.29, 1.82) is 0 Å². The largest absolute Gasteiger partial charge is 0.497 e. The highest BCUT2D eigenvalue weighted by atomic mass is 127. The maximum atomic E-state index is 12.2. The number of carbonyl (C=O) groups excluding carboxylic acids is 1. The fourth-order valence-electron chi connectivity index (χ4n) is 2.14. The van der Waals surface area contributed by atoms with Crippen molar-refractivity contribution in [2.45, 2.75) is 5.75 Å². The molecule has 2 N–H and O–H groups in total. The van der Waals surface area contributed by atoms with Gasteiger partial charge in [-0.15, -0.1) is 0 Å². The third-order valence-electron chi connectivity index (χ3n) is 3.42. The number of carbonyl (C=O) groups is 1. The molecule has 2 aromatic carbocycles. The first-order valence-electron chi connectivity index (χ1n) is 7.56. The van der Waals surface area contributed by atoms with Crippen LogP contribution in [0.4, 0.5) is 5.69 Å². The number of methoxy groups -OCH3 is 2. The number of sulfonamides is 1. The molecular formula is C17H19IN2O5S. The number of rotatable bonds is 8. The van der Waals surface area contributed by atoms with E-state index >= 15 is 0 Å². The standard InChI is InChI=1S/C17H19IN2O5S/c1-24-15-8-3-12(16(9-15)25-2)11-26(22,23)19-10-17(21)20-14-6-4-13(18)5-7-14/h3-9,19H,10-11H2,1-2H3,(H,20,21). The van der Waals surface area contributed by atoms with E-state index in [-0.39, 0.29) is 12.3 Å². The highest BCUT2D eigenvalue weighted by Gasteiger charge is 2.17. The van der Waals surface area contributed by atoms with Gasteiger partial charge in [0, 0.05) is 20.9 Å². The Morgan fingerprint density at radius 2 is 1.77 bits per heavy atom. The van der Waals surface area contributed by atoms with Crippen molar-refractivity contribution in [2.75, 3.05) is 26.1 Å². The van der Waals surface area contributed by atoms with Crippen molar-refractivity contribution < 1.29 is 22.7 Å². The third-order valence-corrected chi connectivity index (χ3v) is 5.41. The normalized spacial score (nSPS) is 11.0. The lowest BCUT2D eigenvalue weighted by molar-refractivity contribution is -0.115. The molecule has 0 radical (unpaired) electrons. The zero-order valence-electron chi connectivity index (χ0n) is 14.3. The van der Waals surface area contributed by atoms with Gasteiger partial charge in [-0.2, -0.15) is 0 Å². The molecule has 0 saturated heterocycles. The van der Waals surface area contributed by atoms with Crippen molar-refractivity contribution in [2.24, 2.45) is 0 Å². The maximum Gasteiger partial charge on any atom is 0.239 e. The summed E-state index contributed by atoms with van der Waals surface area (Å²) in [6.07, 6.45) is 0. The van der Waals surface area contributed by atoms with E-state index in [1.54, 1.807) is 30.3 Å². The summed E-state index contributed by atoms with van der Waals surface area (Å²) in [6.45, 7) is -0.354. The zero-order valence-corrected chi connectivity index (χ0v) is 17.3. The van der Waals surface area contributed by atoms with Crippen molar-refractivity contribution in [3.63, 3.8) is 0 Å². The minimum atomic E-state index is -3.71. The molecule has 0 aliphatic heterocycles. The molecule has 2 aromatic rings. The first-order chi connectivity index (χ1) is 12.3. The average Bonchev–Trinajstić information content (AvgIpc) is 2.62. The lowest BCUT2D eigenvalue weighted by atomic mass is 10.2. The number of halogens is 1. The van der Waals surface area contributed by atoms with Crippen LogP contribution in [0.5, 0.6) is 11.5 Å². The SMILES string of the molecule is COc1ccc(CS(=O)(=O)NCC(=O)Nc2ccc(I)cc2)c(OC)c1. The Labute approximate surface area is 166 Å². The molecule has 0 aromatic heterocycles. The summed E-state index contributed by atoms with van der Waals surface area (Å²) in [5, 5.41) is 2.63. The topological polar surface area (TPSA) is 93.7 Å². The smallest absolute Gasteiger partial charge is 0.239 e. The minimum absolute atomic E-state index is 0.309. The summed E-state index contributed by atoms with van der Waals surface area (Å²) in [5.74, 6) is 0.208. The maximum absolute atomic E-state index is 12.2. The molecule has 7 nitrogen and oxygen atoms in total. The molecule has 9 heteroatoms. The third kappa shape index (κ3) is 6.15. The zero-order chi connectivity index (χ0) is 19.2. The Balaban J connectivity index is 1.96. The predicted molar refractivity (Wildman–Crippen MR) is 108 cm³/mol. The first-order valence-corrected chi connectivity index (χ1v) is 10.3. The highest BCUT2D eigenvalue weighted by Crippen LogP contribution is 2.25. The molecule has 0 unspecified atom stereocenters. The van der Waals surface area contributed by atoms with E-state index < -0.39 is 15.9 Å². The molecule has 0 bridgehead atoms. The van der Waals surface area contributed by atoms with Gasteiger partial charge in [-0.25, -0.2) is 13.1 Å². The van der Waals surface area contributed by atoms with Gasteiger partial charge in [0.1, 0.15) is 11.5 Å². The van der Waals surface area contributed by atoms with Crippen LogP contribution in [0.2, 0.25) is 0 Å². The van der Waals surface area contributed by atoms with Crippen LogP contribution in [-0.4, -0.2) is 35.1 Å². The van der Waals surface area contributed by atoms with Gasteiger partial charge in [-0.05, 0) is 52.9 Å². The van der Waals surface area contributed by atoms with Crippen LogP contribution < -0.4 is 19.5 Å². The van der Waals surface area contributed by atoms with Gasteiger partial charge < -0.3 is 14.8 Å². The molecule has 0 heterocycles. The Morgan fingerprint density at radius 1 is 1.08 bits per heavy atom. The second-order valence-corrected chi connectivity index (χ2v) is 8.37. The number of nitrogens with one attached hydrogen (secondary N) is 2. The van der Waals surface area contributed by atoms with E-state index in [1.807, 2.05) is 12.1 Å². The Bertz CT molecular complexity index is 869. The predicted octanol–water partition coefficient (Wildman–Crippen LogP) is 2.37. The molecule has 0 aliphatic rings. The van der Waals surface area contributed by atoms with Crippen molar-refractivity contribution in [3.05, 3.63) is 51.6 Å². The van der Waals surface area contributed by atoms with Crippen LogP contribution >= 0.6 is 22.6 Å². The number of ether oxygens (including phenoxy) is 2. The van der Waals surface area contributed by atoms with Gasteiger partial charge >= 0.3 is 0 Å². The van der Waals surface area contributed by atoms with E-state index in [0.29, 0.717) is 22.7 Å². The molecule has 0 atom stereocenters. The Morgan fingerprint density at radius 3 is 2.38 bits per heavy atom. The lowest BCUT2D eigenvalue weighted by Gasteiger charge is -2.12. The van der Waals surface area contributed by atoms with E-state index in [2.05, 4.69) is 32.6 Å². The quantitative estimate of drug-likeness (QED) is 0.555. The number of anilines is 1. The molecule has 26 heavy (non-hydrogen) atoms. The van der Waals surface area contributed by atoms with E-state index in [0.717, 1.165) is 3.57 Å². The first kappa shape index (κ1) is 20.5. The summed E-state index contributed by atoms with van der Waals surface area (Å²) in [6, 6.07) is 12.0. The number of benzene rings is 2. The van der Waals surface area contributed by atoms with Crippen molar-refractivity contribution in [3.8, 4) is 11.5 Å². The molecular weight excluding hydrogens is 471 g/mol.